The Kier molecular flexibility index (Phi) is 5.58. The van der Waals surface area contributed by atoms with Crippen LogP contribution in [0, 0.1) is 5.41 Å². The average molecular weight is 250 g/mol. The maximum absolute atomic E-state index is 11.7. The summed E-state index contributed by atoms with van der Waals surface area (Å²) in [5.41, 5.74) is -0.522. The maximum atomic E-state index is 11.7. The molecule has 0 aliphatic rings. The van der Waals surface area contributed by atoms with E-state index in [0.717, 1.165) is 0 Å². The minimum Gasteiger partial charge on any atom is -0.298 e. The summed E-state index contributed by atoms with van der Waals surface area (Å²) in [6.07, 6.45) is 0. The van der Waals surface area contributed by atoms with Crippen LogP contribution in [0.5, 0.6) is 0 Å². The molecule has 96 valence electrons. The highest BCUT2D eigenvalue weighted by atomic mass is 32.2. The number of carbonyl (C=O) groups is 1. The SMILES string of the molecule is CCN(CC)S(=O)(=O)NCC(=O)C(C)(C)C. The first kappa shape index (κ1) is 15.5. The van der Waals surface area contributed by atoms with Gasteiger partial charge in [0.15, 0.2) is 5.78 Å². The second-order valence-corrected chi connectivity index (χ2v) is 6.34. The van der Waals surface area contributed by atoms with Gasteiger partial charge < -0.3 is 0 Å². The van der Waals surface area contributed by atoms with Gasteiger partial charge in [0.2, 0.25) is 0 Å². The number of Topliss-reactive ketones (excluding diaryl/α,β-unsaturated/α-hetero) is 1. The Morgan fingerprint density at radius 2 is 1.62 bits per heavy atom. The zero-order chi connectivity index (χ0) is 13.0. The van der Waals surface area contributed by atoms with Crippen LogP contribution in [0.4, 0.5) is 0 Å². The van der Waals surface area contributed by atoms with Gasteiger partial charge >= 0.3 is 0 Å². The summed E-state index contributed by atoms with van der Waals surface area (Å²) < 4.78 is 27.0. The molecule has 0 bridgehead atoms. The Bertz CT molecular complexity index is 326. The molecule has 0 aromatic heterocycles. The summed E-state index contributed by atoms with van der Waals surface area (Å²) in [6.45, 7) is 9.46. The number of hydrogen-bond acceptors (Lipinski definition) is 3. The second kappa shape index (κ2) is 5.75. The molecule has 0 aliphatic carbocycles. The molecule has 0 radical (unpaired) electrons. The molecule has 0 amide bonds. The van der Waals surface area contributed by atoms with Gasteiger partial charge in [0, 0.05) is 18.5 Å². The first-order valence-corrected chi connectivity index (χ1v) is 6.87. The van der Waals surface area contributed by atoms with E-state index in [2.05, 4.69) is 4.72 Å². The van der Waals surface area contributed by atoms with Gasteiger partial charge in [-0.3, -0.25) is 4.79 Å². The molecule has 0 unspecified atom stereocenters. The second-order valence-electron chi connectivity index (χ2n) is 4.58. The lowest BCUT2D eigenvalue weighted by atomic mass is 9.91. The molecule has 5 nitrogen and oxygen atoms in total. The van der Waals surface area contributed by atoms with Crippen molar-refractivity contribution in [3.05, 3.63) is 0 Å². The first-order chi connectivity index (χ1) is 7.15. The zero-order valence-corrected chi connectivity index (χ0v) is 11.5. The predicted octanol–water partition coefficient (Wildman–Crippen LogP) is 0.778. The Balaban J connectivity index is 4.47. The molecule has 6 heteroatoms. The molecule has 0 fully saturated rings. The molecule has 0 aliphatic heterocycles. The van der Waals surface area contributed by atoms with E-state index in [1.54, 1.807) is 34.6 Å². The maximum Gasteiger partial charge on any atom is 0.279 e. The highest BCUT2D eigenvalue weighted by Gasteiger charge is 2.24. The van der Waals surface area contributed by atoms with Gasteiger partial charge in [-0.05, 0) is 0 Å². The molecule has 0 aromatic carbocycles. The summed E-state index contributed by atoms with van der Waals surface area (Å²) in [4.78, 5) is 11.6. The van der Waals surface area contributed by atoms with Crippen LogP contribution in [0.15, 0.2) is 0 Å². The molecule has 1 N–H and O–H groups in total. The molecule has 0 spiro atoms. The van der Waals surface area contributed by atoms with E-state index >= 15 is 0 Å². The van der Waals surface area contributed by atoms with E-state index in [1.165, 1.54) is 4.31 Å². The molecule has 0 rings (SSSR count). The molecule has 0 saturated carbocycles. The van der Waals surface area contributed by atoms with Crippen molar-refractivity contribution >= 4 is 16.0 Å². The van der Waals surface area contributed by atoms with E-state index < -0.39 is 15.6 Å². The van der Waals surface area contributed by atoms with E-state index in [1.807, 2.05) is 0 Å². The van der Waals surface area contributed by atoms with Gasteiger partial charge in [0.25, 0.3) is 10.2 Å². The zero-order valence-electron chi connectivity index (χ0n) is 10.7. The Hall–Kier alpha value is -0.460. The van der Waals surface area contributed by atoms with Crippen LogP contribution in [0.25, 0.3) is 0 Å². The standard InChI is InChI=1S/C10H22N2O3S/c1-6-12(7-2)16(14,15)11-8-9(13)10(3,4)5/h11H,6-8H2,1-5H3. The Morgan fingerprint density at radius 3 is 1.94 bits per heavy atom. The molecular formula is C10H22N2O3S. The van der Waals surface area contributed by atoms with Crippen LogP contribution >= 0.6 is 0 Å². The Morgan fingerprint density at radius 1 is 1.19 bits per heavy atom. The molecule has 16 heavy (non-hydrogen) atoms. The van der Waals surface area contributed by atoms with Gasteiger partial charge in [-0.1, -0.05) is 34.6 Å². The number of hydrogen-bond donors (Lipinski definition) is 1. The van der Waals surface area contributed by atoms with E-state index in [0.29, 0.717) is 13.1 Å². The van der Waals surface area contributed by atoms with Crippen molar-refractivity contribution in [3.63, 3.8) is 0 Å². The fourth-order valence-corrected chi connectivity index (χ4v) is 2.25. The van der Waals surface area contributed by atoms with Crippen LogP contribution in [-0.4, -0.2) is 38.1 Å². The van der Waals surface area contributed by atoms with Crippen LogP contribution in [0.1, 0.15) is 34.6 Å². The van der Waals surface area contributed by atoms with Gasteiger partial charge in [-0.25, -0.2) is 0 Å². The van der Waals surface area contributed by atoms with Crippen LogP contribution < -0.4 is 4.72 Å². The van der Waals surface area contributed by atoms with Gasteiger partial charge in [0.1, 0.15) is 0 Å². The van der Waals surface area contributed by atoms with E-state index in [9.17, 15) is 13.2 Å². The lowest BCUT2D eigenvalue weighted by Gasteiger charge is -2.21. The number of rotatable bonds is 6. The fourth-order valence-electron chi connectivity index (χ4n) is 1.08. The van der Waals surface area contributed by atoms with Crippen LogP contribution in [-0.2, 0) is 15.0 Å². The normalized spacial score (nSPS) is 13.1. The largest absolute Gasteiger partial charge is 0.298 e. The highest BCUT2D eigenvalue weighted by Crippen LogP contribution is 2.13. The van der Waals surface area contributed by atoms with Crippen molar-refractivity contribution < 1.29 is 13.2 Å². The lowest BCUT2D eigenvalue weighted by Crippen LogP contribution is -2.44. The molecule has 0 aromatic rings. The third-order valence-corrected chi connectivity index (χ3v) is 4.00. The molecule has 0 saturated heterocycles. The summed E-state index contributed by atoms with van der Waals surface area (Å²) in [6, 6.07) is 0. The predicted molar refractivity (Wildman–Crippen MR) is 64.3 cm³/mol. The van der Waals surface area contributed by atoms with Crippen LogP contribution in [0.3, 0.4) is 0 Å². The van der Waals surface area contributed by atoms with Gasteiger partial charge in [-0.2, -0.15) is 17.4 Å². The van der Waals surface area contributed by atoms with Crippen molar-refractivity contribution in [1.29, 1.82) is 0 Å². The van der Waals surface area contributed by atoms with Crippen molar-refractivity contribution in [2.45, 2.75) is 34.6 Å². The quantitative estimate of drug-likeness (QED) is 0.757. The summed E-state index contributed by atoms with van der Waals surface area (Å²) in [7, 11) is -3.52. The topological polar surface area (TPSA) is 66.5 Å². The van der Waals surface area contributed by atoms with Crippen molar-refractivity contribution in [2.24, 2.45) is 5.41 Å². The molecule has 0 heterocycles. The van der Waals surface area contributed by atoms with Crippen molar-refractivity contribution in [2.75, 3.05) is 19.6 Å². The summed E-state index contributed by atoms with van der Waals surface area (Å²) in [5, 5.41) is 0. The van der Waals surface area contributed by atoms with Crippen LogP contribution in [0.2, 0.25) is 0 Å². The van der Waals surface area contributed by atoms with Gasteiger partial charge in [0.05, 0.1) is 6.54 Å². The fraction of sp³-hybridized carbons (Fsp3) is 0.900. The third-order valence-electron chi connectivity index (χ3n) is 2.30. The minimum atomic E-state index is -3.52. The number of carbonyl (C=O) groups excluding carboxylic acids is 1. The highest BCUT2D eigenvalue weighted by molar-refractivity contribution is 7.87. The summed E-state index contributed by atoms with van der Waals surface area (Å²) >= 11 is 0. The van der Waals surface area contributed by atoms with E-state index in [-0.39, 0.29) is 12.3 Å². The number of nitrogens with one attached hydrogen (secondary N) is 1. The smallest absolute Gasteiger partial charge is 0.279 e. The monoisotopic (exact) mass is 250 g/mol. The lowest BCUT2D eigenvalue weighted by molar-refractivity contribution is -0.125. The average Bonchev–Trinajstić information content (AvgIpc) is 2.14. The minimum absolute atomic E-state index is 0.122. The Labute approximate surface area is 98.4 Å². The molecular weight excluding hydrogens is 228 g/mol. The first-order valence-electron chi connectivity index (χ1n) is 5.43. The van der Waals surface area contributed by atoms with E-state index in [4.69, 9.17) is 0 Å². The number of nitrogens with zero attached hydrogens (tertiary/aromatic N) is 1. The third kappa shape index (κ3) is 4.59. The van der Waals surface area contributed by atoms with Crippen molar-refractivity contribution in [3.8, 4) is 0 Å². The van der Waals surface area contributed by atoms with Crippen molar-refractivity contribution in [1.82, 2.24) is 9.03 Å². The van der Waals surface area contributed by atoms with Gasteiger partial charge in [-0.15, -0.1) is 0 Å². The summed E-state index contributed by atoms with van der Waals surface area (Å²) in [5.74, 6) is -0.122. The molecule has 0 atom stereocenters. The number of ketones is 1.